The first-order valence-electron chi connectivity index (χ1n) is 18.2. The SMILES string of the molecule is C#Cc1c(-c2c3ccccc3c(-c3cncc(OC)c3)c3ccccc23)c(OC)cc(OC)c1-c1c2ccccc2c(-c2cncc(OC)c2)c2ccccc12. The van der Waals surface area contributed by atoms with E-state index in [2.05, 4.69) is 113 Å². The Morgan fingerprint density at radius 1 is 0.393 bits per heavy atom. The molecule has 0 bridgehead atoms. The van der Waals surface area contributed by atoms with Crippen molar-refractivity contribution in [2.24, 2.45) is 0 Å². The molecule has 9 rings (SSSR count). The molecule has 0 unspecified atom stereocenters. The Hall–Kier alpha value is -7.36. The van der Waals surface area contributed by atoms with Gasteiger partial charge in [0.05, 0.1) is 40.8 Å². The molecule has 7 aromatic carbocycles. The Balaban J connectivity index is 1.45. The predicted molar refractivity (Wildman–Crippen MR) is 228 cm³/mol. The molecular formula is C50H36N2O4. The molecular weight excluding hydrogens is 693 g/mol. The van der Waals surface area contributed by atoms with Crippen molar-refractivity contribution in [2.75, 3.05) is 28.4 Å². The summed E-state index contributed by atoms with van der Waals surface area (Å²) in [5, 5.41) is 8.26. The van der Waals surface area contributed by atoms with E-state index in [4.69, 9.17) is 25.4 Å². The van der Waals surface area contributed by atoms with Crippen molar-refractivity contribution >= 4 is 43.1 Å². The third kappa shape index (κ3) is 5.36. The van der Waals surface area contributed by atoms with Crippen molar-refractivity contribution in [1.82, 2.24) is 9.97 Å². The lowest BCUT2D eigenvalue weighted by atomic mass is 9.80. The summed E-state index contributed by atoms with van der Waals surface area (Å²) in [5.74, 6) is 5.76. The second-order valence-electron chi connectivity index (χ2n) is 13.5. The highest BCUT2D eigenvalue weighted by Crippen LogP contribution is 2.54. The molecule has 6 heteroatoms. The Morgan fingerprint density at radius 3 is 1.00 bits per heavy atom. The van der Waals surface area contributed by atoms with Gasteiger partial charge in [0.25, 0.3) is 0 Å². The molecule has 0 fully saturated rings. The summed E-state index contributed by atoms with van der Waals surface area (Å²) in [6.45, 7) is 0. The summed E-state index contributed by atoms with van der Waals surface area (Å²) >= 11 is 0. The lowest BCUT2D eigenvalue weighted by Crippen LogP contribution is -2.02. The number of nitrogens with zero attached hydrogens (tertiary/aromatic N) is 2. The van der Waals surface area contributed by atoms with Gasteiger partial charge in [-0.2, -0.15) is 0 Å². The molecule has 0 N–H and O–H groups in total. The molecule has 0 aliphatic carbocycles. The first kappa shape index (κ1) is 34.4. The fraction of sp³-hybridized carbons (Fsp3) is 0.0800. The first-order chi connectivity index (χ1) is 27.6. The van der Waals surface area contributed by atoms with Gasteiger partial charge in [0.1, 0.15) is 23.0 Å². The van der Waals surface area contributed by atoms with Crippen molar-refractivity contribution in [3.63, 3.8) is 0 Å². The number of pyridine rings is 2. The van der Waals surface area contributed by atoms with Crippen LogP contribution in [-0.2, 0) is 0 Å². The van der Waals surface area contributed by atoms with Gasteiger partial charge in [-0.05, 0) is 66.3 Å². The Morgan fingerprint density at radius 2 is 0.714 bits per heavy atom. The molecule has 9 aromatic rings. The van der Waals surface area contributed by atoms with Gasteiger partial charge in [0.15, 0.2) is 0 Å². The number of fused-ring (bicyclic) bond motifs is 4. The second-order valence-corrected chi connectivity index (χ2v) is 13.5. The van der Waals surface area contributed by atoms with Crippen LogP contribution >= 0.6 is 0 Å². The summed E-state index contributed by atoms with van der Waals surface area (Å²) in [6, 6.07) is 39.8. The number of hydrogen-bond acceptors (Lipinski definition) is 6. The zero-order chi connectivity index (χ0) is 38.3. The Labute approximate surface area is 324 Å². The molecule has 0 aliphatic rings. The lowest BCUT2D eigenvalue weighted by Gasteiger charge is -2.24. The van der Waals surface area contributed by atoms with E-state index in [0.29, 0.717) is 28.6 Å². The fourth-order valence-corrected chi connectivity index (χ4v) is 8.35. The second kappa shape index (κ2) is 14.1. The Kier molecular flexibility index (Phi) is 8.68. The minimum absolute atomic E-state index is 0.609. The summed E-state index contributed by atoms with van der Waals surface area (Å²) < 4.78 is 23.8. The number of hydrogen-bond donors (Lipinski definition) is 0. The van der Waals surface area contributed by atoms with Crippen LogP contribution < -0.4 is 18.9 Å². The van der Waals surface area contributed by atoms with Crippen LogP contribution in [0.3, 0.4) is 0 Å². The monoisotopic (exact) mass is 728 g/mol. The molecule has 0 atom stereocenters. The maximum absolute atomic E-state index is 6.75. The zero-order valence-electron chi connectivity index (χ0n) is 31.4. The topological polar surface area (TPSA) is 62.7 Å². The zero-order valence-corrected chi connectivity index (χ0v) is 31.4. The molecule has 0 spiro atoms. The fourth-order valence-electron chi connectivity index (χ4n) is 8.35. The molecule has 2 aromatic heterocycles. The molecule has 0 saturated heterocycles. The van der Waals surface area contributed by atoms with E-state index in [1.165, 1.54) is 0 Å². The van der Waals surface area contributed by atoms with Crippen LogP contribution in [0.2, 0.25) is 0 Å². The summed E-state index contributed by atoms with van der Waals surface area (Å²) in [6.07, 6.45) is 14.0. The van der Waals surface area contributed by atoms with Crippen molar-refractivity contribution < 1.29 is 18.9 Å². The van der Waals surface area contributed by atoms with Crippen LogP contribution in [0.5, 0.6) is 23.0 Å². The van der Waals surface area contributed by atoms with Gasteiger partial charge in [-0.1, -0.05) is 103 Å². The number of aromatic nitrogens is 2. The number of benzene rings is 7. The van der Waals surface area contributed by atoms with Crippen molar-refractivity contribution in [2.45, 2.75) is 0 Å². The molecule has 56 heavy (non-hydrogen) atoms. The van der Waals surface area contributed by atoms with E-state index in [9.17, 15) is 0 Å². The van der Waals surface area contributed by atoms with E-state index in [1.807, 2.05) is 30.6 Å². The molecule has 0 radical (unpaired) electrons. The van der Waals surface area contributed by atoms with Gasteiger partial charge in [-0.25, -0.2) is 0 Å². The van der Waals surface area contributed by atoms with Crippen LogP contribution in [0.1, 0.15) is 5.56 Å². The maximum Gasteiger partial charge on any atom is 0.137 e. The lowest BCUT2D eigenvalue weighted by molar-refractivity contribution is 0.396. The van der Waals surface area contributed by atoms with Crippen LogP contribution in [0.4, 0.5) is 0 Å². The molecule has 6 nitrogen and oxygen atoms in total. The molecule has 0 amide bonds. The standard InChI is InChI=1S/C50H36N2O4/c1-6-34-49(47-39-19-11-7-15-35(39)45(36-16-8-12-20-40(36)47)30-23-32(53-2)28-51-26-30)43(55-4)25-44(56-5)50(34)48-41-21-13-9-17-37(41)46(38-18-10-14-22-42(38)48)31-24-33(54-3)29-52-27-31/h1,7-29H,2-5H3. The highest BCUT2D eigenvalue weighted by atomic mass is 16.5. The van der Waals surface area contributed by atoms with E-state index in [-0.39, 0.29) is 0 Å². The van der Waals surface area contributed by atoms with Crippen molar-refractivity contribution in [3.05, 3.63) is 146 Å². The minimum atomic E-state index is 0.609. The quantitative estimate of drug-likeness (QED) is 0.115. The van der Waals surface area contributed by atoms with Gasteiger partial charge >= 0.3 is 0 Å². The minimum Gasteiger partial charge on any atom is -0.496 e. The summed E-state index contributed by atoms with van der Waals surface area (Å²) in [4.78, 5) is 9.07. The largest absolute Gasteiger partial charge is 0.496 e. The van der Waals surface area contributed by atoms with Crippen LogP contribution in [0.25, 0.3) is 87.6 Å². The highest BCUT2D eigenvalue weighted by Gasteiger charge is 2.28. The van der Waals surface area contributed by atoms with Crippen LogP contribution in [0, 0.1) is 12.3 Å². The van der Waals surface area contributed by atoms with Gasteiger partial charge in [0, 0.05) is 57.4 Å². The average molecular weight is 729 g/mol. The van der Waals surface area contributed by atoms with E-state index in [1.54, 1.807) is 40.8 Å². The van der Waals surface area contributed by atoms with Gasteiger partial charge < -0.3 is 18.9 Å². The van der Waals surface area contributed by atoms with Crippen LogP contribution in [-0.4, -0.2) is 38.4 Å². The number of rotatable bonds is 8. The van der Waals surface area contributed by atoms with E-state index < -0.39 is 0 Å². The van der Waals surface area contributed by atoms with Gasteiger partial charge in [-0.15, -0.1) is 6.42 Å². The van der Waals surface area contributed by atoms with Crippen LogP contribution in [0.15, 0.2) is 140 Å². The smallest absolute Gasteiger partial charge is 0.137 e. The predicted octanol–water partition coefficient (Wildman–Crippen LogP) is 11.8. The molecule has 0 saturated carbocycles. The number of methoxy groups -OCH3 is 4. The Bertz CT molecular complexity index is 2740. The normalized spacial score (nSPS) is 11.2. The van der Waals surface area contributed by atoms with E-state index >= 15 is 0 Å². The number of ether oxygens (including phenoxy) is 4. The summed E-state index contributed by atoms with van der Waals surface area (Å²) in [5.41, 5.74) is 8.24. The summed E-state index contributed by atoms with van der Waals surface area (Å²) in [7, 11) is 6.68. The van der Waals surface area contributed by atoms with Gasteiger partial charge in [-0.3, -0.25) is 9.97 Å². The maximum atomic E-state index is 6.75. The van der Waals surface area contributed by atoms with E-state index in [0.717, 1.165) is 87.6 Å². The van der Waals surface area contributed by atoms with Crippen molar-refractivity contribution in [3.8, 4) is 79.8 Å². The third-order valence-electron chi connectivity index (χ3n) is 10.7. The average Bonchev–Trinajstić information content (AvgIpc) is 3.26. The van der Waals surface area contributed by atoms with Gasteiger partial charge in [0.2, 0.25) is 0 Å². The van der Waals surface area contributed by atoms with Crippen molar-refractivity contribution in [1.29, 1.82) is 0 Å². The highest BCUT2D eigenvalue weighted by molar-refractivity contribution is 6.25. The molecule has 0 aliphatic heterocycles. The first-order valence-corrected chi connectivity index (χ1v) is 18.2. The molecule has 270 valence electrons. The molecule has 2 heterocycles. The number of terminal acetylenes is 1. The third-order valence-corrected chi connectivity index (χ3v) is 10.7.